The first-order valence-electron chi connectivity index (χ1n) is 4.87. The van der Waals surface area contributed by atoms with Crippen molar-refractivity contribution < 1.29 is 19.1 Å². The van der Waals surface area contributed by atoms with Crippen molar-refractivity contribution in [3.8, 4) is 0 Å². The number of likely N-dealkylation sites (N-methyl/N-ethyl adjacent to an activating group) is 1. The molecule has 1 aromatic heterocycles. The Morgan fingerprint density at radius 1 is 1.59 bits per heavy atom. The lowest BCUT2D eigenvalue weighted by atomic mass is 10.2. The lowest BCUT2D eigenvalue weighted by Crippen LogP contribution is -2.35. The molecule has 0 spiro atoms. The summed E-state index contributed by atoms with van der Waals surface area (Å²) in [6, 6.07) is 0.855. The number of nitrogens with zero attached hydrogens (tertiary/aromatic N) is 2. The average Bonchev–Trinajstić information content (AvgIpc) is 2.25. The Hall–Kier alpha value is -2.18. The molecule has 0 fully saturated rings. The molecule has 0 bridgehead atoms. The highest BCUT2D eigenvalue weighted by molar-refractivity contribution is 5.94. The van der Waals surface area contributed by atoms with Gasteiger partial charge in [-0.2, -0.15) is 0 Å². The maximum absolute atomic E-state index is 12.9. The Morgan fingerprint density at radius 3 is 2.71 bits per heavy atom. The number of carbonyl (C=O) groups excluding carboxylic acids is 1. The number of carbonyl (C=O) groups is 2. The molecule has 0 saturated heterocycles. The van der Waals surface area contributed by atoms with Gasteiger partial charge in [-0.3, -0.25) is 4.79 Å². The standard InChI is InChI=1S/C10H12FN3O3/c1-2-14(5-8(12)15)9-7(10(16)17)3-6(11)4-13-9/h3-4H,2,5H2,1H3,(H2,12,15)(H,16,17). The number of halogens is 1. The largest absolute Gasteiger partial charge is 0.478 e. The van der Waals surface area contributed by atoms with E-state index in [0.717, 1.165) is 12.3 Å². The van der Waals surface area contributed by atoms with Gasteiger partial charge >= 0.3 is 5.97 Å². The van der Waals surface area contributed by atoms with Crippen LogP contribution in [0.2, 0.25) is 0 Å². The molecule has 0 aromatic carbocycles. The smallest absolute Gasteiger partial charge is 0.339 e. The summed E-state index contributed by atoms with van der Waals surface area (Å²) in [6.07, 6.45) is 0.894. The number of primary amides is 1. The molecule has 0 radical (unpaired) electrons. The van der Waals surface area contributed by atoms with E-state index in [9.17, 15) is 14.0 Å². The molecule has 7 heteroatoms. The van der Waals surface area contributed by atoms with Gasteiger partial charge in [0.25, 0.3) is 0 Å². The van der Waals surface area contributed by atoms with E-state index in [2.05, 4.69) is 4.98 Å². The van der Waals surface area contributed by atoms with Crippen molar-refractivity contribution in [3.05, 3.63) is 23.6 Å². The number of anilines is 1. The molecule has 92 valence electrons. The summed E-state index contributed by atoms with van der Waals surface area (Å²) in [6.45, 7) is 1.87. The van der Waals surface area contributed by atoms with Gasteiger partial charge in [-0.15, -0.1) is 0 Å². The van der Waals surface area contributed by atoms with E-state index in [1.54, 1.807) is 6.92 Å². The summed E-state index contributed by atoms with van der Waals surface area (Å²) in [4.78, 5) is 26.8. The second-order valence-corrected chi connectivity index (χ2v) is 3.31. The summed E-state index contributed by atoms with van der Waals surface area (Å²) in [7, 11) is 0. The Kier molecular flexibility index (Phi) is 3.97. The van der Waals surface area contributed by atoms with Crippen LogP contribution in [0, 0.1) is 5.82 Å². The average molecular weight is 241 g/mol. The highest BCUT2D eigenvalue weighted by Crippen LogP contribution is 2.18. The SMILES string of the molecule is CCN(CC(N)=O)c1ncc(F)cc1C(=O)O. The van der Waals surface area contributed by atoms with Crippen LogP contribution in [-0.2, 0) is 4.79 Å². The zero-order chi connectivity index (χ0) is 13.0. The number of hydrogen-bond donors (Lipinski definition) is 2. The summed E-state index contributed by atoms with van der Waals surface area (Å²) in [5.41, 5.74) is 4.73. The maximum atomic E-state index is 12.9. The van der Waals surface area contributed by atoms with Crippen LogP contribution in [0.15, 0.2) is 12.3 Å². The third-order valence-electron chi connectivity index (χ3n) is 2.09. The molecule has 17 heavy (non-hydrogen) atoms. The van der Waals surface area contributed by atoms with Gasteiger partial charge in [-0.1, -0.05) is 0 Å². The zero-order valence-electron chi connectivity index (χ0n) is 9.18. The van der Waals surface area contributed by atoms with Gasteiger partial charge in [0.05, 0.1) is 12.7 Å². The zero-order valence-corrected chi connectivity index (χ0v) is 9.18. The molecule has 0 unspecified atom stereocenters. The summed E-state index contributed by atoms with van der Waals surface area (Å²) in [5.74, 6) is -2.65. The number of rotatable bonds is 5. The Morgan fingerprint density at radius 2 is 2.24 bits per heavy atom. The van der Waals surface area contributed by atoms with Gasteiger partial charge < -0.3 is 15.7 Å². The molecule has 1 rings (SSSR count). The highest BCUT2D eigenvalue weighted by atomic mass is 19.1. The van der Waals surface area contributed by atoms with Crippen molar-refractivity contribution in [2.24, 2.45) is 5.73 Å². The van der Waals surface area contributed by atoms with Gasteiger partial charge in [0.15, 0.2) is 0 Å². The minimum absolute atomic E-state index is 0.0280. The molecule has 0 saturated carbocycles. The van der Waals surface area contributed by atoms with Crippen LogP contribution in [-0.4, -0.2) is 35.1 Å². The predicted molar refractivity (Wildman–Crippen MR) is 58.2 cm³/mol. The first-order chi connectivity index (χ1) is 7.95. The lowest BCUT2D eigenvalue weighted by molar-refractivity contribution is -0.116. The van der Waals surface area contributed by atoms with Crippen LogP contribution in [0.4, 0.5) is 10.2 Å². The van der Waals surface area contributed by atoms with Crippen molar-refractivity contribution in [2.45, 2.75) is 6.92 Å². The molecule has 0 aliphatic carbocycles. The quantitative estimate of drug-likeness (QED) is 0.769. The maximum Gasteiger partial charge on any atom is 0.339 e. The second kappa shape index (κ2) is 5.24. The van der Waals surface area contributed by atoms with E-state index >= 15 is 0 Å². The minimum atomic E-state index is -1.31. The van der Waals surface area contributed by atoms with E-state index in [4.69, 9.17) is 10.8 Å². The van der Waals surface area contributed by atoms with Gasteiger partial charge in [0, 0.05) is 6.54 Å². The van der Waals surface area contributed by atoms with E-state index < -0.39 is 17.7 Å². The Labute approximate surface area is 96.9 Å². The van der Waals surface area contributed by atoms with E-state index in [1.807, 2.05) is 0 Å². The molecule has 0 aliphatic rings. The lowest BCUT2D eigenvalue weighted by Gasteiger charge is -2.21. The fraction of sp³-hybridized carbons (Fsp3) is 0.300. The first kappa shape index (κ1) is 12.9. The van der Waals surface area contributed by atoms with Crippen molar-refractivity contribution >= 4 is 17.7 Å². The predicted octanol–water partition coefficient (Wildman–Crippen LogP) is 0.230. The number of carboxylic acids is 1. The van der Waals surface area contributed by atoms with Crippen LogP contribution in [0.3, 0.4) is 0 Å². The molecular formula is C10H12FN3O3. The fourth-order valence-electron chi connectivity index (χ4n) is 1.37. The van der Waals surface area contributed by atoms with E-state index in [1.165, 1.54) is 4.90 Å². The fourth-order valence-corrected chi connectivity index (χ4v) is 1.37. The minimum Gasteiger partial charge on any atom is -0.478 e. The second-order valence-electron chi connectivity index (χ2n) is 3.31. The van der Waals surface area contributed by atoms with Crippen LogP contribution in [0.5, 0.6) is 0 Å². The Balaban J connectivity index is 3.18. The molecule has 1 aromatic rings. The normalized spacial score (nSPS) is 10.0. The molecule has 1 amide bonds. The molecule has 0 aliphatic heterocycles. The van der Waals surface area contributed by atoms with Crippen molar-refractivity contribution in [1.82, 2.24) is 4.98 Å². The van der Waals surface area contributed by atoms with Crippen molar-refractivity contribution in [3.63, 3.8) is 0 Å². The van der Waals surface area contributed by atoms with Gasteiger partial charge in [-0.05, 0) is 13.0 Å². The Bertz CT molecular complexity index is 450. The van der Waals surface area contributed by atoms with Crippen LogP contribution >= 0.6 is 0 Å². The van der Waals surface area contributed by atoms with Crippen molar-refractivity contribution in [2.75, 3.05) is 18.0 Å². The summed E-state index contributed by atoms with van der Waals surface area (Å²) in [5, 5.41) is 8.92. The molecule has 0 atom stereocenters. The third kappa shape index (κ3) is 3.13. The monoisotopic (exact) mass is 241 g/mol. The van der Waals surface area contributed by atoms with Crippen molar-refractivity contribution in [1.29, 1.82) is 0 Å². The number of pyridine rings is 1. The topological polar surface area (TPSA) is 96.5 Å². The van der Waals surface area contributed by atoms with Gasteiger partial charge in [0.2, 0.25) is 5.91 Å². The summed E-state index contributed by atoms with van der Waals surface area (Å²) >= 11 is 0. The van der Waals surface area contributed by atoms with Crippen LogP contribution < -0.4 is 10.6 Å². The molecule has 1 heterocycles. The number of hydrogen-bond acceptors (Lipinski definition) is 4. The number of amides is 1. The molecular weight excluding hydrogens is 229 g/mol. The van der Waals surface area contributed by atoms with E-state index in [-0.39, 0.29) is 17.9 Å². The molecule has 3 N–H and O–H groups in total. The number of carboxylic acid groups (broad SMARTS) is 1. The number of nitrogens with two attached hydrogens (primary N) is 1. The first-order valence-corrected chi connectivity index (χ1v) is 4.87. The molecule has 6 nitrogen and oxygen atoms in total. The highest BCUT2D eigenvalue weighted by Gasteiger charge is 2.18. The number of aromatic carboxylic acids is 1. The van der Waals surface area contributed by atoms with E-state index in [0.29, 0.717) is 6.54 Å². The summed E-state index contributed by atoms with van der Waals surface area (Å²) < 4.78 is 12.9. The van der Waals surface area contributed by atoms with Gasteiger partial charge in [-0.25, -0.2) is 14.2 Å². The third-order valence-corrected chi connectivity index (χ3v) is 2.09. The van der Waals surface area contributed by atoms with Crippen LogP contribution in [0.25, 0.3) is 0 Å². The van der Waals surface area contributed by atoms with Crippen LogP contribution in [0.1, 0.15) is 17.3 Å². The van der Waals surface area contributed by atoms with Gasteiger partial charge in [0.1, 0.15) is 17.2 Å². The number of aromatic nitrogens is 1.